The van der Waals surface area contributed by atoms with Crippen molar-refractivity contribution in [3.8, 4) is 39.1 Å². The third-order valence-electron chi connectivity index (χ3n) is 10.6. The average Bonchev–Trinajstić information content (AvgIpc) is 3.60. The molecule has 0 saturated carbocycles. The zero-order valence-corrected chi connectivity index (χ0v) is 29.7. The van der Waals surface area contributed by atoms with Crippen molar-refractivity contribution in [2.24, 2.45) is 0 Å². The molecule has 0 unspecified atom stereocenters. The first-order valence-electron chi connectivity index (χ1n) is 18.5. The first-order chi connectivity index (χ1) is 26.8. The Bertz CT molecular complexity index is 2890. The molecule has 54 heavy (non-hydrogen) atoms. The van der Waals surface area contributed by atoms with Crippen molar-refractivity contribution in [2.75, 3.05) is 4.90 Å². The molecule has 9 aromatic carbocycles. The van der Waals surface area contributed by atoms with Crippen LogP contribution in [0.15, 0.2) is 218 Å². The van der Waals surface area contributed by atoms with Crippen molar-refractivity contribution in [1.29, 1.82) is 0 Å². The van der Waals surface area contributed by atoms with Gasteiger partial charge >= 0.3 is 0 Å². The van der Waals surface area contributed by atoms with E-state index in [2.05, 4.69) is 228 Å². The lowest BCUT2D eigenvalue weighted by atomic mass is 10.0. The Morgan fingerprint density at radius 3 is 1.48 bits per heavy atom. The Morgan fingerprint density at radius 1 is 0.296 bits per heavy atom. The third kappa shape index (κ3) is 5.62. The molecule has 1 aromatic heterocycles. The Labute approximate surface area is 315 Å². The van der Waals surface area contributed by atoms with Gasteiger partial charge in [0.1, 0.15) is 0 Å². The molecule has 0 N–H and O–H groups in total. The number of rotatable bonds is 7. The average molecular weight is 689 g/mol. The number of hydrogen-bond donors (Lipinski definition) is 0. The first kappa shape index (κ1) is 31.6. The van der Waals surface area contributed by atoms with Crippen LogP contribution in [0, 0.1) is 0 Å². The van der Waals surface area contributed by atoms with E-state index in [1.54, 1.807) is 0 Å². The zero-order valence-electron chi connectivity index (χ0n) is 29.7. The molecule has 0 atom stereocenters. The zero-order chi connectivity index (χ0) is 35.8. The van der Waals surface area contributed by atoms with Crippen molar-refractivity contribution in [1.82, 2.24) is 4.57 Å². The fourth-order valence-corrected chi connectivity index (χ4v) is 7.94. The fourth-order valence-electron chi connectivity index (χ4n) is 7.94. The third-order valence-corrected chi connectivity index (χ3v) is 10.6. The van der Waals surface area contributed by atoms with Crippen molar-refractivity contribution < 1.29 is 0 Å². The molecule has 0 fully saturated rings. The van der Waals surface area contributed by atoms with Crippen LogP contribution in [-0.2, 0) is 0 Å². The molecule has 0 aliphatic heterocycles. The molecule has 0 radical (unpaired) electrons. The maximum atomic E-state index is 2.45. The molecule has 2 nitrogen and oxygen atoms in total. The minimum atomic E-state index is 1.11. The van der Waals surface area contributed by atoms with Crippen LogP contribution in [0.2, 0.25) is 0 Å². The van der Waals surface area contributed by atoms with Gasteiger partial charge in [-0.15, -0.1) is 0 Å². The molecule has 0 amide bonds. The van der Waals surface area contributed by atoms with Crippen LogP contribution in [0.1, 0.15) is 0 Å². The summed E-state index contributed by atoms with van der Waals surface area (Å²) < 4.78 is 2.45. The van der Waals surface area contributed by atoms with Gasteiger partial charge in [-0.25, -0.2) is 0 Å². The van der Waals surface area contributed by atoms with Crippen molar-refractivity contribution >= 4 is 49.6 Å². The standard InChI is InChI=1S/C52H36N2/c1-4-13-37(14-5-1)39-23-29-45(30-24-39)53(44-19-8-3-9-20-44)46-31-25-40(26-32-46)43-28-34-51-50(36-43)49-33-27-41-17-10-11-22-48(41)52(49)54(51)47-21-12-18-42(35-47)38-15-6-2-7-16-38/h1-36H. The van der Waals surface area contributed by atoms with Gasteiger partial charge in [0.15, 0.2) is 0 Å². The second-order valence-corrected chi connectivity index (χ2v) is 13.8. The second-order valence-electron chi connectivity index (χ2n) is 13.8. The Hall–Kier alpha value is -7.16. The van der Waals surface area contributed by atoms with E-state index in [1.807, 2.05) is 0 Å². The fraction of sp³-hybridized carbons (Fsp3) is 0. The van der Waals surface area contributed by atoms with E-state index in [1.165, 1.54) is 66.0 Å². The SMILES string of the molecule is c1ccc(-c2ccc(N(c3ccccc3)c3ccc(-c4ccc5c(c4)c4ccc6ccccc6c4n5-c4cccc(-c5ccccc5)c4)cc3)cc2)cc1. The number of benzene rings is 9. The summed E-state index contributed by atoms with van der Waals surface area (Å²) in [5.41, 5.74) is 14.1. The molecule has 254 valence electrons. The van der Waals surface area contributed by atoms with E-state index in [0.717, 1.165) is 22.7 Å². The molecule has 0 spiro atoms. The maximum absolute atomic E-state index is 2.45. The van der Waals surface area contributed by atoms with Gasteiger partial charge in [-0.05, 0) is 99.4 Å². The van der Waals surface area contributed by atoms with Crippen LogP contribution in [0.3, 0.4) is 0 Å². The predicted molar refractivity (Wildman–Crippen MR) is 229 cm³/mol. The summed E-state index contributed by atoms with van der Waals surface area (Å²) in [6.07, 6.45) is 0. The van der Waals surface area contributed by atoms with Gasteiger partial charge in [-0.2, -0.15) is 0 Å². The molecule has 0 aliphatic rings. The minimum absolute atomic E-state index is 1.11. The summed E-state index contributed by atoms with van der Waals surface area (Å²) in [5, 5.41) is 4.98. The van der Waals surface area contributed by atoms with Crippen molar-refractivity contribution in [3.63, 3.8) is 0 Å². The first-order valence-corrected chi connectivity index (χ1v) is 18.5. The van der Waals surface area contributed by atoms with E-state index in [-0.39, 0.29) is 0 Å². The number of hydrogen-bond acceptors (Lipinski definition) is 1. The van der Waals surface area contributed by atoms with Crippen LogP contribution in [0.25, 0.3) is 71.6 Å². The van der Waals surface area contributed by atoms with Crippen LogP contribution < -0.4 is 4.90 Å². The quantitative estimate of drug-likeness (QED) is 0.162. The molecule has 0 bridgehead atoms. The van der Waals surface area contributed by atoms with Gasteiger partial charge in [0, 0.05) is 38.9 Å². The maximum Gasteiger partial charge on any atom is 0.0619 e. The van der Waals surface area contributed by atoms with E-state index >= 15 is 0 Å². The summed E-state index contributed by atoms with van der Waals surface area (Å²) in [6.45, 7) is 0. The van der Waals surface area contributed by atoms with Gasteiger partial charge < -0.3 is 9.47 Å². The Morgan fingerprint density at radius 2 is 0.796 bits per heavy atom. The van der Waals surface area contributed by atoms with E-state index in [4.69, 9.17) is 0 Å². The van der Waals surface area contributed by atoms with Gasteiger partial charge in [-0.3, -0.25) is 0 Å². The van der Waals surface area contributed by atoms with E-state index in [0.29, 0.717) is 0 Å². The van der Waals surface area contributed by atoms with E-state index in [9.17, 15) is 0 Å². The molecule has 1 heterocycles. The van der Waals surface area contributed by atoms with Gasteiger partial charge in [-0.1, -0.05) is 158 Å². The summed E-state index contributed by atoms with van der Waals surface area (Å²) >= 11 is 0. The second kappa shape index (κ2) is 13.4. The summed E-state index contributed by atoms with van der Waals surface area (Å²) in [6, 6.07) is 78.8. The van der Waals surface area contributed by atoms with Crippen LogP contribution in [0.5, 0.6) is 0 Å². The highest BCUT2D eigenvalue weighted by atomic mass is 15.1. The summed E-state index contributed by atoms with van der Waals surface area (Å²) in [4.78, 5) is 2.32. The topological polar surface area (TPSA) is 8.17 Å². The number of para-hydroxylation sites is 1. The van der Waals surface area contributed by atoms with Gasteiger partial charge in [0.05, 0.1) is 11.0 Å². The smallest absolute Gasteiger partial charge is 0.0619 e. The number of aromatic nitrogens is 1. The molecular formula is C52H36N2. The Balaban J connectivity index is 1.07. The number of fused-ring (bicyclic) bond motifs is 5. The number of anilines is 3. The highest BCUT2D eigenvalue weighted by Gasteiger charge is 2.17. The minimum Gasteiger partial charge on any atom is -0.311 e. The van der Waals surface area contributed by atoms with Gasteiger partial charge in [0.2, 0.25) is 0 Å². The largest absolute Gasteiger partial charge is 0.311 e. The normalized spacial score (nSPS) is 11.3. The molecule has 0 saturated heterocycles. The van der Waals surface area contributed by atoms with Crippen molar-refractivity contribution in [2.45, 2.75) is 0 Å². The highest BCUT2D eigenvalue weighted by Crippen LogP contribution is 2.40. The van der Waals surface area contributed by atoms with Gasteiger partial charge in [0.25, 0.3) is 0 Å². The van der Waals surface area contributed by atoms with Crippen LogP contribution in [-0.4, -0.2) is 4.57 Å². The predicted octanol–water partition coefficient (Wildman–Crippen LogP) is 14.4. The van der Waals surface area contributed by atoms with Crippen LogP contribution in [0.4, 0.5) is 17.1 Å². The lowest BCUT2D eigenvalue weighted by molar-refractivity contribution is 1.19. The summed E-state index contributed by atoms with van der Waals surface area (Å²) in [5.74, 6) is 0. The van der Waals surface area contributed by atoms with Crippen LogP contribution >= 0.6 is 0 Å². The molecule has 10 aromatic rings. The lowest BCUT2D eigenvalue weighted by Crippen LogP contribution is -2.09. The molecule has 10 rings (SSSR count). The monoisotopic (exact) mass is 688 g/mol. The highest BCUT2D eigenvalue weighted by molar-refractivity contribution is 6.19. The molecular weight excluding hydrogens is 653 g/mol. The molecule has 2 heteroatoms. The molecule has 0 aliphatic carbocycles. The summed E-state index contributed by atoms with van der Waals surface area (Å²) in [7, 11) is 0. The lowest BCUT2D eigenvalue weighted by Gasteiger charge is -2.26. The van der Waals surface area contributed by atoms with E-state index < -0.39 is 0 Å². The number of nitrogens with zero attached hydrogens (tertiary/aromatic N) is 2. The van der Waals surface area contributed by atoms with Crippen molar-refractivity contribution in [3.05, 3.63) is 218 Å². The Kier molecular flexibility index (Phi) is 7.85.